The molecule has 1 unspecified atom stereocenters. The van der Waals surface area contributed by atoms with Crippen LogP contribution in [0.15, 0.2) is 48.5 Å². The highest BCUT2D eigenvalue weighted by molar-refractivity contribution is 6.31. The molecule has 112 valence electrons. The number of nitrogens with two attached hydrogens (primary N) is 1. The van der Waals surface area contributed by atoms with Crippen molar-refractivity contribution in [3.63, 3.8) is 0 Å². The minimum absolute atomic E-state index is 0.252. The standard InChI is InChI=1S/C15H13ClF3NO/c16-13-4-2-1-3-12(13)14(20)9-10-5-7-11(8-6-10)21-15(17,18)19/h1-8,14H,9,20H2. The van der Waals surface area contributed by atoms with Gasteiger partial charge < -0.3 is 10.5 Å². The van der Waals surface area contributed by atoms with Gasteiger partial charge in [-0.15, -0.1) is 13.2 Å². The maximum atomic E-state index is 12.1. The zero-order valence-electron chi connectivity index (χ0n) is 10.9. The molecule has 2 aromatic carbocycles. The van der Waals surface area contributed by atoms with E-state index in [0.29, 0.717) is 11.4 Å². The van der Waals surface area contributed by atoms with Crippen molar-refractivity contribution in [2.75, 3.05) is 0 Å². The number of alkyl halides is 3. The number of rotatable bonds is 4. The summed E-state index contributed by atoms with van der Waals surface area (Å²) in [6.45, 7) is 0. The van der Waals surface area contributed by atoms with Crippen LogP contribution in [-0.4, -0.2) is 6.36 Å². The van der Waals surface area contributed by atoms with E-state index in [9.17, 15) is 13.2 Å². The van der Waals surface area contributed by atoms with Gasteiger partial charge in [0.15, 0.2) is 0 Å². The summed E-state index contributed by atoms with van der Waals surface area (Å²) in [6.07, 6.45) is -4.22. The highest BCUT2D eigenvalue weighted by Gasteiger charge is 2.30. The van der Waals surface area contributed by atoms with E-state index < -0.39 is 6.36 Å². The molecule has 2 rings (SSSR count). The maximum Gasteiger partial charge on any atom is 0.573 e. The summed E-state index contributed by atoms with van der Waals surface area (Å²) in [7, 11) is 0. The van der Waals surface area contributed by atoms with Crippen LogP contribution in [-0.2, 0) is 6.42 Å². The van der Waals surface area contributed by atoms with Crippen LogP contribution in [0.2, 0.25) is 5.02 Å². The summed E-state index contributed by atoms with van der Waals surface area (Å²) in [6, 6.07) is 12.5. The Morgan fingerprint density at radius 3 is 2.24 bits per heavy atom. The topological polar surface area (TPSA) is 35.2 Å². The van der Waals surface area contributed by atoms with Crippen molar-refractivity contribution in [1.82, 2.24) is 0 Å². The molecule has 0 aliphatic carbocycles. The molecule has 1 atom stereocenters. The molecule has 2 aromatic rings. The van der Waals surface area contributed by atoms with E-state index in [1.54, 1.807) is 18.2 Å². The van der Waals surface area contributed by atoms with E-state index in [2.05, 4.69) is 4.74 Å². The quantitative estimate of drug-likeness (QED) is 0.902. The lowest BCUT2D eigenvalue weighted by Crippen LogP contribution is -2.17. The van der Waals surface area contributed by atoms with E-state index in [0.717, 1.165) is 11.1 Å². The average Bonchev–Trinajstić information content (AvgIpc) is 2.40. The number of ether oxygens (including phenoxy) is 1. The Balaban J connectivity index is 2.05. The lowest BCUT2D eigenvalue weighted by molar-refractivity contribution is -0.274. The summed E-state index contributed by atoms with van der Waals surface area (Å²) in [5.41, 5.74) is 7.68. The molecule has 0 aliphatic heterocycles. The van der Waals surface area contributed by atoms with Crippen molar-refractivity contribution in [3.8, 4) is 5.75 Å². The molecule has 2 nitrogen and oxygen atoms in total. The van der Waals surface area contributed by atoms with Gasteiger partial charge in [-0.25, -0.2) is 0 Å². The lowest BCUT2D eigenvalue weighted by atomic mass is 10.00. The molecule has 0 heterocycles. The van der Waals surface area contributed by atoms with Gasteiger partial charge >= 0.3 is 6.36 Å². The highest BCUT2D eigenvalue weighted by Crippen LogP contribution is 2.26. The summed E-state index contributed by atoms with van der Waals surface area (Å²) in [5.74, 6) is -0.252. The van der Waals surface area contributed by atoms with Crippen molar-refractivity contribution in [2.45, 2.75) is 18.8 Å². The normalized spacial score (nSPS) is 13.0. The average molecular weight is 316 g/mol. The summed E-state index contributed by atoms with van der Waals surface area (Å²) in [4.78, 5) is 0. The largest absolute Gasteiger partial charge is 0.573 e. The minimum Gasteiger partial charge on any atom is -0.406 e. The SMILES string of the molecule is NC(Cc1ccc(OC(F)(F)F)cc1)c1ccccc1Cl. The molecule has 2 N–H and O–H groups in total. The van der Waals surface area contributed by atoms with Gasteiger partial charge in [0, 0.05) is 11.1 Å². The Bertz CT molecular complexity index is 599. The first-order valence-electron chi connectivity index (χ1n) is 6.20. The molecule has 0 radical (unpaired) electrons. The first-order valence-corrected chi connectivity index (χ1v) is 6.57. The molecule has 0 aliphatic rings. The molecule has 6 heteroatoms. The third-order valence-corrected chi connectivity index (χ3v) is 3.26. The fourth-order valence-corrected chi connectivity index (χ4v) is 2.24. The predicted octanol–water partition coefficient (Wildman–Crippen LogP) is 4.48. The molecule has 0 aromatic heterocycles. The van der Waals surface area contributed by atoms with Crippen LogP contribution in [0.4, 0.5) is 13.2 Å². The molecular formula is C15H13ClF3NO. The molecule has 0 spiro atoms. The van der Waals surface area contributed by atoms with Crippen LogP contribution >= 0.6 is 11.6 Å². The van der Waals surface area contributed by atoms with Crippen molar-refractivity contribution in [3.05, 3.63) is 64.7 Å². The Morgan fingerprint density at radius 1 is 1.05 bits per heavy atom. The predicted molar refractivity (Wildman–Crippen MR) is 75.2 cm³/mol. The summed E-state index contributed by atoms with van der Waals surface area (Å²) in [5, 5.41) is 0.571. The monoisotopic (exact) mass is 315 g/mol. The van der Waals surface area contributed by atoms with Gasteiger partial charge in [-0.2, -0.15) is 0 Å². The minimum atomic E-state index is -4.69. The van der Waals surface area contributed by atoms with Crippen LogP contribution < -0.4 is 10.5 Å². The van der Waals surface area contributed by atoms with Gasteiger partial charge in [-0.3, -0.25) is 0 Å². The van der Waals surface area contributed by atoms with Gasteiger partial charge in [0.2, 0.25) is 0 Å². The first-order chi connectivity index (χ1) is 9.85. The van der Waals surface area contributed by atoms with E-state index >= 15 is 0 Å². The van der Waals surface area contributed by atoms with E-state index in [1.165, 1.54) is 12.1 Å². The van der Waals surface area contributed by atoms with Crippen LogP contribution in [0.25, 0.3) is 0 Å². The van der Waals surface area contributed by atoms with Crippen molar-refractivity contribution < 1.29 is 17.9 Å². The zero-order valence-corrected chi connectivity index (χ0v) is 11.7. The molecule has 0 bridgehead atoms. The Morgan fingerprint density at radius 2 is 1.67 bits per heavy atom. The van der Waals surface area contributed by atoms with Gasteiger partial charge in [0.25, 0.3) is 0 Å². The smallest absolute Gasteiger partial charge is 0.406 e. The number of benzene rings is 2. The van der Waals surface area contributed by atoms with Gasteiger partial charge in [-0.1, -0.05) is 41.9 Å². The molecule has 21 heavy (non-hydrogen) atoms. The number of hydrogen-bond acceptors (Lipinski definition) is 2. The van der Waals surface area contributed by atoms with Crippen molar-refractivity contribution in [2.24, 2.45) is 5.73 Å². The maximum absolute atomic E-state index is 12.1. The van der Waals surface area contributed by atoms with E-state index in [-0.39, 0.29) is 11.8 Å². The number of halogens is 4. The second kappa shape index (κ2) is 6.37. The van der Waals surface area contributed by atoms with Gasteiger partial charge in [-0.05, 0) is 35.7 Å². The van der Waals surface area contributed by atoms with Crippen molar-refractivity contribution in [1.29, 1.82) is 0 Å². The molecular weight excluding hydrogens is 303 g/mol. The van der Waals surface area contributed by atoms with E-state index in [1.807, 2.05) is 18.2 Å². The summed E-state index contributed by atoms with van der Waals surface area (Å²) < 4.78 is 40.0. The summed E-state index contributed by atoms with van der Waals surface area (Å²) >= 11 is 6.06. The molecule has 0 saturated heterocycles. The van der Waals surface area contributed by atoms with E-state index in [4.69, 9.17) is 17.3 Å². The third kappa shape index (κ3) is 4.65. The highest BCUT2D eigenvalue weighted by atomic mass is 35.5. The fraction of sp³-hybridized carbons (Fsp3) is 0.200. The van der Waals surface area contributed by atoms with Gasteiger partial charge in [0.05, 0.1) is 0 Å². The Hall–Kier alpha value is -1.72. The van der Waals surface area contributed by atoms with Crippen LogP contribution in [0.1, 0.15) is 17.2 Å². The van der Waals surface area contributed by atoms with Crippen LogP contribution in [0.3, 0.4) is 0 Å². The van der Waals surface area contributed by atoms with Crippen molar-refractivity contribution >= 4 is 11.6 Å². The zero-order chi connectivity index (χ0) is 15.5. The molecule has 0 saturated carbocycles. The second-order valence-electron chi connectivity index (χ2n) is 4.52. The Labute approximate surface area is 125 Å². The Kier molecular flexibility index (Phi) is 4.75. The van der Waals surface area contributed by atoms with Crippen LogP contribution in [0.5, 0.6) is 5.75 Å². The number of hydrogen-bond donors (Lipinski definition) is 1. The lowest BCUT2D eigenvalue weighted by Gasteiger charge is -2.14. The molecule has 0 fully saturated rings. The van der Waals surface area contributed by atoms with Crippen LogP contribution in [0, 0.1) is 0 Å². The fourth-order valence-electron chi connectivity index (χ4n) is 1.97. The van der Waals surface area contributed by atoms with Gasteiger partial charge in [0.1, 0.15) is 5.75 Å². The second-order valence-corrected chi connectivity index (χ2v) is 4.93. The third-order valence-electron chi connectivity index (χ3n) is 2.92. The first kappa shape index (κ1) is 15.7. The molecule has 0 amide bonds.